The number of aromatic nitrogens is 1. The van der Waals surface area contributed by atoms with Crippen LogP contribution in [0.1, 0.15) is 11.1 Å². The maximum absolute atomic E-state index is 12.1. The molecule has 8 nitrogen and oxygen atoms in total. The molecule has 0 radical (unpaired) electrons. The van der Waals surface area contributed by atoms with E-state index in [1.165, 1.54) is 31.5 Å². The Morgan fingerprint density at radius 2 is 2.11 bits per heavy atom. The van der Waals surface area contributed by atoms with Crippen LogP contribution in [-0.4, -0.2) is 40.3 Å². The highest BCUT2D eigenvalue weighted by atomic mass is 16.6. The molecular weight excluding hydrogens is 350 g/mol. The van der Waals surface area contributed by atoms with Crippen LogP contribution in [0.5, 0.6) is 5.75 Å². The molecule has 0 bridgehead atoms. The maximum atomic E-state index is 12.1. The van der Waals surface area contributed by atoms with Crippen molar-refractivity contribution in [2.24, 2.45) is 4.99 Å². The molecule has 27 heavy (non-hydrogen) atoms. The number of nitrogens with zero attached hydrogens (tertiary/aromatic N) is 2. The zero-order valence-corrected chi connectivity index (χ0v) is 14.5. The summed E-state index contributed by atoms with van der Waals surface area (Å²) < 4.78 is 4.82. The maximum Gasteiger partial charge on any atom is 0.330 e. The van der Waals surface area contributed by atoms with E-state index in [1.807, 2.05) is 24.3 Å². The number of carbonyl (C=O) groups excluding carboxylic acids is 1. The summed E-state index contributed by atoms with van der Waals surface area (Å²) in [6.45, 7) is 0. The summed E-state index contributed by atoms with van der Waals surface area (Å²) in [5.74, 6) is -1.04. The van der Waals surface area contributed by atoms with Crippen molar-refractivity contribution in [3.05, 3.63) is 69.9 Å². The molecule has 8 heteroatoms. The van der Waals surface area contributed by atoms with Crippen molar-refractivity contribution >= 4 is 28.8 Å². The lowest BCUT2D eigenvalue weighted by Crippen LogP contribution is -2.23. The highest BCUT2D eigenvalue weighted by molar-refractivity contribution is 5.89. The van der Waals surface area contributed by atoms with Gasteiger partial charge in [-0.25, -0.2) is 4.79 Å². The molecule has 0 saturated heterocycles. The van der Waals surface area contributed by atoms with E-state index in [9.17, 15) is 20.0 Å². The molecular formula is C19H17N3O5. The average Bonchev–Trinajstić information content (AvgIpc) is 3.08. The Labute approximate surface area is 154 Å². The van der Waals surface area contributed by atoms with Crippen molar-refractivity contribution in [1.29, 1.82) is 0 Å². The molecule has 1 aromatic heterocycles. The van der Waals surface area contributed by atoms with Crippen LogP contribution >= 0.6 is 0 Å². The summed E-state index contributed by atoms with van der Waals surface area (Å²) in [5.41, 5.74) is 1.56. The van der Waals surface area contributed by atoms with Gasteiger partial charge in [0.1, 0.15) is 0 Å². The van der Waals surface area contributed by atoms with Gasteiger partial charge in [0, 0.05) is 41.4 Å². The Morgan fingerprint density at radius 1 is 1.33 bits per heavy atom. The van der Waals surface area contributed by atoms with Crippen molar-refractivity contribution in [1.82, 2.24) is 4.98 Å². The molecule has 0 unspecified atom stereocenters. The number of hydrogen-bond acceptors (Lipinski definition) is 6. The van der Waals surface area contributed by atoms with Crippen molar-refractivity contribution in [2.45, 2.75) is 12.5 Å². The molecule has 0 aliphatic carbocycles. The minimum absolute atomic E-state index is 0.150. The van der Waals surface area contributed by atoms with Gasteiger partial charge in [0.15, 0.2) is 6.04 Å². The molecule has 0 saturated carbocycles. The molecule has 0 aliphatic heterocycles. The predicted octanol–water partition coefficient (Wildman–Crippen LogP) is 2.98. The third kappa shape index (κ3) is 3.79. The number of phenols is 1. The van der Waals surface area contributed by atoms with Crippen molar-refractivity contribution < 1.29 is 19.6 Å². The average molecular weight is 367 g/mol. The van der Waals surface area contributed by atoms with Crippen molar-refractivity contribution in [3.63, 3.8) is 0 Å². The zero-order valence-electron chi connectivity index (χ0n) is 14.5. The minimum Gasteiger partial charge on any atom is -0.502 e. The fourth-order valence-corrected chi connectivity index (χ4v) is 2.81. The molecule has 2 N–H and O–H groups in total. The number of aromatic hydroxyl groups is 1. The Morgan fingerprint density at radius 3 is 2.85 bits per heavy atom. The number of rotatable bonds is 6. The topological polar surface area (TPSA) is 118 Å². The number of fused-ring (bicyclic) bond motifs is 1. The summed E-state index contributed by atoms with van der Waals surface area (Å²) in [6, 6.07) is 10.9. The van der Waals surface area contributed by atoms with E-state index in [4.69, 9.17) is 4.74 Å². The molecule has 1 heterocycles. The lowest BCUT2D eigenvalue weighted by Gasteiger charge is -2.10. The van der Waals surface area contributed by atoms with Gasteiger partial charge in [-0.2, -0.15) is 0 Å². The van der Waals surface area contributed by atoms with Gasteiger partial charge in [-0.1, -0.05) is 24.3 Å². The minimum atomic E-state index is -0.854. The quantitative estimate of drug-likeness (QED) is 0.300. The molecule has 1 atom stereocenters. The molecule has 0 fully saturated rings. The number of aromatic amines is 1. The molecule has 3 rings (SSSR count). The number of para-hydroxylation sites is 2. The second-order valence-corrected chi connectivity index (χ2v) is 5.85. The van der Waals surface area contributed by atoms with Gasteiger partial charge in [0.2, 0.25) is 5.75 Å². The van der Waals surface area contributed by atoms with Crippen molar-refractivity contribution in [2.75, 3.05) is 7.11 Å². The lowest BCUT2D eigenvalue weighted by atomic mass is 10.1. The molecule has 0 spiro atoms. The number of benzene rings is 2. The number of esters is 1. The molecule has 0 aliphatic rings. The number of ether oxygens (including phenoxy) is 1. The molecule has 0 amide bonds. The van der Waals surface area contributed by atoms with Gasteiger partial charge < -0.3 is 14.8 Å². The largest absolute Gasteiger partial charge is 0.502 e. The highest BCUT2D eigenvalue weighted by Crippen LogP contribution is 2.28. The first-order valence-corrected chi connectivity index (χ1v) is 8.13. The number of hydrogen-bond donors (Lipinski definition) is 2. The Hall–Kier alpha value is -3.68. The molecule has 138 valence electrons. The van der Waals surface area contributed by atoms with Crippen LogP contribution in [0, 0.1) is 10.1 Å². The number of carbonyl (C=O) groups is 1. The standard InChI is InChI=1S/C19H17N3O5/c1-27-19(24)16(9-13-11-20-15-7-3-2-6-14(13)15)21-10-12-5-4-8-17(18(12)23)22(25)26/h2-8,10-11,16,20,23H,9H2,1H3/t16-/m0/s1. The van der Waals surface area contributed by atoms with Crippen LogP contribution in [0.4, 0.5) is 5.69 Å². The van der Waals surface area contributed by atoms with Crippen LogP contribution < -0.4 is 0 Å². The second kappa shape index (κ2) is 7.69. The van der Waals surface area contributed by atoms with E-state index in [0.717, 1.165) is 16.5 Å². The summed E-state index contributed by atoms with van der Waals surface area (Å²) in [6.07, 6.45) is 3.34. The highest BCUT2D eigenvalue weighted by Gasteiger charge is 2.21. The van der Waals surface area contributed by atoms with E-state index < -0.39 is 28.4 Å². The van der Waals surface area contributed by atoms with Gasteiger partial charge in [-0.3, -0.25) is 15.1 Å². The van der Waals surface area contributed by atoms with Crippen LogP contribution in [0.3, 0.4) is 0 Å². The fraction of sp³-hybridized carbons (Fsp3) is 0.158. The predicted molar refractivity (Wildman–Crippen MR) is 100 cm³/mol. The summed E-state index contributed by atoms with van der Waals surface area (Å²) in [7, 11) is 1.27. The van der Waals surface area contributed by atoms with E-state index >= 15 is 0 Å². The monoisotopic (exact) mass is 367 g/mol. The number of H-pyrrole nitrogens is 1. The van der Waals surface area contributed by atoms with Gasteiger partial charge >= 0.3 is 11.7 Å². The smallest absolute Gasteiger partial charge is 0.330 e. The van der Waals surface area contributed by atoms with Crippen LogP contribution in [0.25, 0.3) is 10.9 Å². The lowest BCUT2D eigenvalue weighted by molar-refractivity contribution is -0.385. The van der Waals surface area contributed by atoms with Crippen LogP contribution in [0.15, 0.2) is 53.7 Å². The molecule has 3 aromatic rings. The Bertz CT molecular complexity index is 1030. The zero-order chi connectivity index (χ0) is 19.4. The number of nitro benzene ring substituents is 1. The first-order valence-electron chi connectivity index (χ1n) is 8.13. The third-order valence-corrected chi connectivity index (χ3v) is 4.20. The second-order valence-electron chi connectivity index (χ2n) is 5.85. The first kappa shape index (κ1) is 18.1. The van der Waals surface area contributed by atoms with Gasteiger partial charge in [0.05, 0.1) is 12.0 Å². The van der Waals surface area contributed by atoms with E-state index in [1.54, 1.807) is 6.20 Å². The summed E-state index contributed by atoms with van der Waals surface area (Å²) in [4.78, 5) is 29.7. The number of methoxy groups -OCH3 is 1. The van der Waals surface area contributed by atoms with E-state index in [0.29, 0.717) is 0 Å². The molecule has 2 aromatic carbocycles. The normalized spacial score (nSPS) is 12.3. The number of nitrogens with one attached hydrogen (secondary N) is 1. The summed E-state index contributed by atoms with van der Waals surface area (Å²) in [5, 5.41) is 21.9. The van der Waals surface area contributed by atoms with Gasteiger partial charge in [-0.05, 0) is 17.7 Å². The number of nitro groups is 1. The summed E-state index contributed by atoms with van der Waals surface area (Å²) >= 11 is 0. The van der Waals surface area contributed by atoms with E-state index in [-0.39, 0.29) is 12.0 Å². The number of aliphatic imine (C=N–C) groups is 1. The van der Waals surface area contributed by atoms with Crippen LogP contribution in [-0.2, 0) is 16.0 Å². The Kier molecular flexibility index (Phi) is 5.16. The fourth-order valence-electron chi connectivity index (χ4n) is 2.81. The SMILES string of the molecule is COC(=O)[C@H](Cc1c[nH]c2ccccc12)N=Cc1cccc([N+](=O)[O-])c1O. The number of phenolic OH excluding ortho intramolecular Hbond substituents is 1. The Balaban J connectivity index is 1.90. The first-order chi connectivity index (χ1) is 13.0. The third-order valence-electron chi connectivity index (χ3n) is 4.20. The van der Waals surface area contributed by atoms with Gasteiger partial charge in [0.25, 0.3) is 0 Å². The van der Waals surface area contributed by atoms with E-state index in [2.05, 4.69) is 9.98 Å². The van der Waals surface area contributed by atoms with Crippen molar-refractivity contribution in [3.8, 4) is 5.75 Å². The van der Waals surface area contributed by atoms with Gasteiger partial charge in [-0.15, -0.1) is 0 Å². The van der Waals surface area contributed by atoms with Crippen LogP contribution in [0.2, 0.25) is 0 Å².